The van der Waals surface area contributed by atoms with Crippen LogP contribution < -0.4 is 4.74 Å². The fraction of sp³-hybridized carbons (Fsp3) is 0.259. The smallest absolute Gasteiger partial charge is 0.406 e. The minimum absolute atomic E-state index is 0.0766. The highest BCUT2D eigenvalue weighted by atomic mass is 19.4. The fourth-order valence-corrected chi connectivity index (χ4v) is 4.18. The molecule has 0 saturated carbocycles. The van der Waals surface area contributed by atoms with Crippen LogP contribution in [0, 0.1) is 23.5 Å². The third kappa shape index (κ3) is 5.36. The zero-order valence-electron chi connectivity index (χ0n) is 17.9. The monoisotopic (exact) mass is 456 g/mol. The molecule has 1 unspecified atom stereocenters. The van der Waals surface area contributed by atoms with Gasteiger partial charge in [0.25, 0.3) is 0 Å². The van der Waals surface area contributed by atoms with E-state index in [-0.39, 0.29) is 11.7 Å². The zero-order chi connectivity index (χ0) is 23.6. The summed E-state index contributed by atoms with van der Waals surface area (Å²) in [6.45, 7) is 1.80. The first-order valence-corrected chi connectivity index (χ1v) is 10.7. The zero-order valence-corrected chi connectivity index (χ0v) is 17.9. The minimum atomic E-state index is -4.73. The van der Waals surface area contributed by atoms with Gasteiger partial charge >= 0.3 is 6.36 Å². The lowest BCUT2D eigenvalue weighted by atomic mass is 9.79. The molecule has 0 radical (unpaired) electrons. The van der Waals surface area contributed by atoms with Gasteiger partial charge in [0, 0.05) is 11.1 Å². The Balaban J connectivity index is 1.48. The van der Waals surface area contributed by atoms with Crippen molar-refractivity contribution in [2.75, 3.05) is 0 Å². The number of ether oxygens (including phenoxy) is 1. The van der Waals surface area contributed by atoms with Crippen LogP contribution in [0.3, 0.4) is 0 Å². The van der Waals surface area contributed by atoms with Gasteiger partial charge in [-0.3, -0.25) is 0 Å². The number of alkyl halides is 3. The SMILES string of the molecule is CCc1ccc(C2CCc3cc(C#Cc4ccc(OC(F)(F)F)cc4)ccc3C2)c(F)c1F. The molecule has 0 fully saturated rings. The van der Waals surface area contributed by atoms with Crippen molar-refractivity contribution in [1.29, 1.82) is 0 Å². The summed E-state index contributed by atoms with van der Waals surface area (Å²) in [6, 6.07) is 14.6. The number of aryl methyl sites for hydroxylation is 2. The maximum Gasteiger partial charge on any atom is 0.573 e. The van der Waals surface area contributed by atoms with Crippen LogP contribution in [0.2, 0.25) is 0 Å². The molecule has 0 saturated heterocycles. The van der Waals surface area contributed by atoms with Crippen molar-refractivity contribution in [1.82, 2.24) is 0 Å². The Kier molecular flexibility index (Phi) is 6.42. The first-order chi connectivity index (χ1) is 15.7. The number of fused-ring (bicyclic) bond motifs is 1. The van der Waals surface area contributed by atoms with E-state index in [4.69, 9.17) is 0 Å². The van der Waals surface area contributed by atoms with E-state index in [2.05, 4.69) is 16.6 Å². The van der Waals surface area contributed by atoms with E-state index in [1.165, 1.54) is 24.3 Å². The number of benzene rings is 3. The molecule has 4 rings (SSSR count). The second-order valence-electron chi connectivity index (χ2n) is 8.04. The fourth-order valence-electron chi connectivity index (χ4n) is 4.18. The third-order valence-electron chi connectivity index (χ3n) is 5.89. The molecule has 170 valence electrons. The third-order valence-corrected chi connectivity index (χ3v) is 5.89. The number of halogens is 5. The van der Waals surface area contributed by atoms with E-state index in [9.17, 15) is 22.0 Å². The summed E-state index contributed by atoms with van der Waals surface area (Å²) in [5.74, 6) is 4.11. The van der Waals surface area contributed by atoms with Crippen molar-refractivity contribution in [2.24, 2.45) is 0 Å². The molecule has 0 N–H and O–H groups in total. The summed E-state index contributed by atoms with van der Waals surface area (Å²) in [6.07, 6.45) is -2.20. The molecule has 0 aliphatic heterocycles. The first kappa shape index (κ1) is 22.8. The van der Waals surface area contributed by atoms with Crippen LogP contribution in [-0.4, -0.2) is 6.36 Å². The van der Waals surface area contributed by atoms with Crippen LogP contribution in [0.5, 0.6) is 5.75 Å². The van der Waals surface area contributed by atoms with E-state index >= 15 is 0 Å². The highest BCUT2D eigenvalue weighted by Crippen LogP contribution is 2.35. The van der Waals surface area contributed by atoms with Crippen LogP contribution in [0.4, 0.5) is 22.0 Å². The van der Waals surface area contributed by atoms with Gasteiger partial charge in [0.2, 0.25) is 0 Å². The van der Waals surface area contributed by atoms with Gasteiger partial charge in [-0.1, -0.05) is 37.0 Å². The number of hydrogen-bond acceptors (Lipinski definition) is 1. The molecule has 0 amide bonds. The molecular formula is C27H21F5O. The Morgan fingerprint density at radius 2 is 1.58 bits per heavy atom. The highest BCUT2D eigenvalue weighted by molar-refractivity contribution is 5.48. The van der Waals surface area contributed by atoms with Gasteiger partial charge in [0.05, 0.1) is 0 Å². The average molecular weight is 456 g/mol. The highest BCUT2D eigenvalue weighted by Gasteiger charge is 2.31. The van der Waals surface area contributed by atoms with Crippen molar-refractivity contribution < 1.29 is 26.7 Å². The van der Waals surface area contributed by atoms with Gasteiger partial charge in [-0.15, -0.1) is 13.2 Å². The summed E-state index contributed by atoms with van der Waals surface area (Å²) < 4.78 is 69.4. The van der Waals surface area contributed by atoms with Crippen LogP contribution in [0.25, 0.3) is 0 Å². The second kappa shape index (κ2) is 9.27. The quantitative estimate of drug-likeness (QED) is 0.302. The Bertz CT molecular complexity index is 1220. The predicted molar refractivity (Wildman–Crippen MR) is 116 cm³/mol. The van der Waals surface area contributed by atoms with Crippen LogP contribution in [0.15, 0.2) is 54.6 Å². The van der Waals surface area contributed by atoms with Crippen molar-refractivity contribution in [3.63, 3.8) is 0 Å². The van der Waals surface area contributed by atoms with Gasteiger partial charge < -0.3 is 4.74 Å². The van der Waals surface area contributed by atoms with Crippen LogP contribution in [0.1, 0.15) is 52.6 Å². The maximum absolute atomic E-state index is 14.6. The largest absolute Gasteiger partial charge is 0.573 e. The number of hydrogen-bond donors (Lipinski definition) is 0. The molecular weight excluding hydrogens is 435 g/mol. The van der Waals surface area contributed by atoms with Crippen molar-refractivity contribution in [2.45, 2.75) is 44.9 Å². The van der Waals surface area contributed by atoms with Gasteiger partial charge in [0.1, 0.15) is 5.75 Å². The van der Waals surface area contributed by atoms with E-state index in [0.717, 1.165) is 23.1 Å². The summed E-state index contributed by atoms with van der Waals surface area (Å²) in [4.78, 5) is 0. The van der Waals surface area contributed by atoms with Gasteiger partial charge in [-0.2, -0.15) is 0 Å². The maximum atomic E-state index is 14.6. The van der Waals surface area contributed by atoms with E-state index in [0.29, 0.717) is 36.0 Å². The van der Waals surface area contributed by atoms with Crippen molar-refractivity contribution in [3.05, 3.63) is 99.6 Å². The average Bonchev–Trinajstić information content (AvgIpc) is 2.79. The molecule has 1 nitrogen and oxygen atoms in total. The molecule has 0 aromatic heterocycles. The Morgan fingerprint density at radius 1 is 0.879 bits per heavy atom. The molecule has 33 heavy (non-hydrogen) atoms. The standard InChI is InChI=1S/C27H21F5O/c1-2-19-11-14-24(26(29)25(19)28)22-10-9-20-15-18(5-8-21(20)16-22)4-3-17-6-12-23(13-7-17)33-27(30,31)32/h5-8,11-15,22H,2,9-10,16H2,1H3. The van der Waals surface area contributed by atoms with Crippen LogP contribution in [-0.2, 0) is 19.3 Å². The molecule has 1 aliphatic rings. The minimum Gasteiger partial charge on any atom is -0.406 e. The Hall–Kier alpha value is -3.33. The topological polar surface area (TPSA) is 9.23 Å². The van der Waals surface area contributed by atoms with Gasteiger partial charge in [-0.25, -0.2) is 8.78 Å². The molecule has 0 heterocycles. The van der Waals surface area contributed by atoms with Crippen LogP contribution >= 0.6 is 0 Å². The Morgan fingerprint density at radius 3 is 2.27 bits per heavy atom. The molecule has 3 aromatic rings. The number of rotatable bonds is 3. The second-order valence-corrected chi connectivity index (χ2v) is 8.04. The molecule has 6 heteroatoms. The Labute approximate surface area is 189 Å². The molecule has 1 aliphatic carbocycles. The lowest BCUT2D eigenvalue weighted by Crippen LogP contribution is -2.16. The van der Waals surface area contributed by atoms with Crippen molar-refractivity contribution in [3.8, 4) is 17.6 Å². The molecule has 1 atom stereocenters. The summed E-state index contributed by atoms with van der Waals surface area (Å²) in [5, 5.41) is 0. The first-order valence-electron chi connectivity index (χ1n) is 10.7. The van der Waals surface area contributed by atoms with Gasteiger partial charge in [0.15, 0.2) is 11.6 Å². The predicted octanol–water partition coefficient (Wildman–Crippen LogP) is 7.10. The van der Waals surface area contributed by atoms with E-state index in [1.807, 2.05) is 18.2 Å². The normalized spacial score (nSPS) is 15.4. The molecule has 3 aromatic carbocycles. The summed E-state index contributed by atoms with van der Waals surface area (Å²) in [5.41, 5.74) is 4.38. The summed E-state index contributed by atoms with van der Waals surface area (Å²) in [7, 11) is 0. The van der Waals surface area contributed by atoms with E-state index in [1.54, 1.807) is 19.1 Å². The molecule has 0 spiro atoms. The molecule has 0 bridgehead atoms. The summed E-state index contributed by atoms with van der Waals surface area (Å²) >= 11 is 0. The lowest BCUT2D eigenvalue weighted by molar-refractivity contribution is -0.274. The van der Waals surface area contributed by atoms with Crippen molar-refractivity contribution >= 4 is 0 Å². The van der Waals surface area contributed by atoms with E-state index < -0.39 is 18.0 Å². The van der Waals surface area contributed by atoms with Gasteiger partial charge in [-0.05, 0) is 90.3 Å². The lowest BCUT2D eigenvalue weighted by Gasteiger charge is -2.26.